The molecule has 4 aliphatic rings. The summed E-state index contributed by atoms with van der Waals surface area (Å²) in [5, 5.41) is 14.7. The summed E-state index contributed by atoms with van der Waals surface area (Å²) < 4.78 is 19.7. The zero-order chi connectivity index (χ0) is 40.7. The number of hydrogen-bond donors (Lipinski definition) is 2. The summed E-state index contributed by atoms with van der Waals surface area (Å²) in [6.07, 6.45) is 10.7. The Labute approximate surface area is 337 Å². The molecule has 3 aliphatic heterocycles. The second kappa shape index (κ2) is 16.1. The lowest BCUT2D eigenvalue weighted by Crippen LogP contribution is -2.53. The van der Waals surface area contributed by atoms with Crippen molar-refractivity contribution in [3.63, 3.8) is 0 Å². The van der Waals surface area contributed by atoms with Crippen LogP contribution in [0.4, 0.5) is 0 Å². The van der Waals surface area contributed by atoms with Gasteiger partial charge in [0, 0.05) is 55.3 Å². The molecule has 1 aliphatic carbocycles. The molecule has 3 amide bonds. The van der Waals surface area contributed by atoms with E-state index < -0.39 is 24.1 Å². The molecule has 4 aromatic rings. The van der Waals surface area contributed by atoms with E-state index in [0.717, 1.165) is 98.3 Å². The normalized spacial score (nSPS) is 20.7. The van der Waals surface area contributed by atoms with E-state index in [0.29, 0.717) is 34.2 Å². The third-order valence-electron chi connectivity index (χ3n) is 12.7. The number of aryl methyl sites for hydroxylation is 1. The van der Waals surface area contributed by atoms with E-state index in [9.17, 15) is 24.3 Å². The van der Waals surface area contributed by atoms with Crippen molar-refractivity contribution in [1.29, 1.82) is 0 Å². The molecule has 14 nitrogen and oxygen atoms in total. The van der Waals surface area contributed by atoms with Gasteiger partial charge < -0.3 is 33.7 Å². The fourth-order valence-electron chi connectivity index (χ4n) is 9.43. The Kier molecular flexibility index (Phi) is 11.0. The molecule has 2 aromatic carbocycles. The van der Waals surface area contributed by atoms with E-state index in [1.807, 2.05) is 24.4 Å². The number of aliphatic hydroxyl groups excluding tert-OH is 1. The van der Waals surface area contributed by atoms with Gasteiger partial charge in [-0.15, -0.1) is 0 Å². The highest BCUT2D eigenvalue weighted by Gasteiger charge is 2.48. The molecule has 2 atom stereocenters. The number of benzene rings is 2. The van der Waals surface area contributed by atoms with E-state index in [2.05, 4.69) is 27.1 Å². The predicted molar refractivity (Wildman–Crippen MR) is 217 cm³/mol. The Morgan fingerprint density at radius 1 is 0.966 bits per heavy atom. The Morgan fingerprint density at radius 3 is 2.41 bits per heavy atom. The number of carbonyl (C=O) groups excluding carboxylic acids is 3. The maximum atomic E-state index is 13.1. The van der Waals surface area contributed by atoms with Crippen LogP contribution in [0.2, 0.25) is 0 Å². The fourth-order valence-corrected chi connectivity index (χ4v) is 9.43. The van der Waals surface area contributed by atoms with Gasteiger partial charge in [-0.2, -0.15) is 0 Å². The first kappa shape index (κ1) is 39.5. The Hall–Kier alpha value is -5.31. The quantitative estimate of drug-likeness (QED) is 0.146. The maximum Gasteiger partial charge on any atom is 0.259 e. The number of amides is 3. The second-order valence-corrected chi connectivity index (χ2v) is 16.5. The number of aliphatic hydroxyl groups is 1. The van der Waals surface area contributed by atoms with Gasteiger partial charge >= 0.3 is 0 Å². The SMILES string of the molecule is COc1cc(-c2cn(C)c(=O)c3cnccc23)cc(OC)c1CN(C)CCCCN1CCC2(CC1)CC(Oc1ccc3c(c1)C(O)N(C1CCC(=O)NC1=O)C3=O)C2. The number of piperidine rings is 2. The van der Waals surface area contributed by atoms with Crippen LogP contribution in [-0.4, -0.2) is 107 Å². The monoisotopic (exact) mass is 792 g/mol. The number of carbonyl (C=O) groups is 3. The molecule has 0 bridgehead atoms. The van der Waals surface area contributed by atoms with Gasteiger partial charge in [0.05, 0.1) is 31.3 Å². The predicted octanol–water partition coefficient (Wildman–Crippen LogP) is 4.41. The van der Waals surface area contributed by atoms with E-state index in [1.165, 1.54) is 4.90 Å². The standard InChI is InChI=1S/C44H52N6O8/c1-47(25-35-37(56-3)19-27(20-38(35)57-4)34-26-48(2)41(53)33-24-45-14-11-30(33)34)15-5-6-16-49-17-12-44(13-18-49)22-29(23-44)58-28-7-8-31-32(21-28)43(55)50(42(31)54)36-9-10-39(51)46-40(36)52/h7-8,11,14,19-21,24,26,29,36,43,55H,5-6,9-10,12-13,15-18,22-23,25H2,1-4H3,(H,46,51,52). The molecule has 306 valence electrons. The first-order chi connectivity index (χ1) is 28.0. The van der Waals surface area contributed by atoms with E-state index in [1.54, 1.807) is 56.4 Å². The molecule has 0 radical (unpaired) electrons. The van der Waals surface area contributed by atoms with Gasteiger partial charge in [0.15, 0.2) is 6.23 Å². The molecular weight excluding hydrogens is 741 g/mol. The number of hydrogen-bond acceptors (Lipinski definition) is 11. The smallest absolute Gasteiger partial charge is 0.259 e. The van der Waals surface area contributed by atoms with E-state index in [4.69, 9.17) is 14.2 Å². The zero-order valence-corrected chi connectivity index (χ0v) is 33.7. The molecular formula is C44H52N6O8. The van der Waals surface area contributed by atoms with E-state index in [-0.39, 0.29) is 30.4 Å². The van der Waals surface area contributed by atoms with Gasteiger partial charge in [0.2, 0.25) is 11.8 Å². The van der Waals surface area contributed by atoms with Crippen LogP contribution in [0.5, 0.6) is 17.2 Å². The van der Waals surface area contributed by atoms with Crippen molar-refractivity contribution in [1.82, 2.24) is 29.6 Å². The molecule has 3 fully saturated rings. The number of nitrogens with one attached hydrogen (secondary N) is 1. The zero-order valence-electron chi connectivity index (χ0n) is 33.7. The average Bonchev–Trinajstić information content (AvgIpc) is 3.45. The van der Waals surface area contributed by atoms with Crippen molar-refractivity contribution in [2.45, 2.75) is 76.3 Å². The summed E-state index contributed by atoms with van der Waals surface area (Å²) in [5.74, 6) is 0.748. The summed E-state index contributed by atoms with van der Waals surface area (Å²) in [6.45, 7) is 4.83. The summed E-state index contributed by atoms with van der Waals surface area (Å²) in [6, 6.07) is 10.2. The van der Waals surface area contributed by atoms with Crippen LogP contribution in [0.25, 0.3) is 21.9 Å². The summed E-state index contributed by atoms with van der Waals surface area (Å²) in [7, 11) is 7.23. The minimum Gasteiger partial charge on any atom is -0.496 e. The van der Waals surface area contributed by atoms with Crippen LogP contribution in [0.3, 0.4) is 0 Å². The number of aromatic nitrogens is 2. The van der Waals surface area contributed by atoms with Crippen LogP contribution in [0.15, 0.2) is 59.8 Å². The molecule has 1 saturated carbocycles. The lowest BCUT2D eigenvalue weighted by molar-refractivity contribution is -0.139. The first-order valence-electron chi connectivity index (χ1n) is 20.2. The number of likely N-dealkylation sites (tertiary alicyclic amines) is 1. The van der Waals surface area contributed by atoms with Crippen molar-refractivity contribution in [2.24, 2.45) is 12.5 Å². The highest BCUT2D eigenvalue weighted by molar-refractivity contribution is 6.05. The van der Waals surface area contributed by atoms with Gasteiger partial charge in [-0.25, -0.2) is 0 Å². The maximum absolute atomic E-state index is 13.1. The first-order valence-corrected chi connectivity index (χ1v) is 20.2. The molecule has 2 N–H and O–H groups in total. The molecule has 14 heteroatoms. The van der Waals surface area contributed by atoms with Crippen molar-refractivity contribution in [3.8, 4) is 28.4 Å². The topological polar surface area (TPSA) is 156 Å². The van der Waals surface area contributed by atoms with Crippen molar-refractivity contribution >= 4 is 28.5 Å². The third-order valence-corrected chi connectivity index (χ3v) is 12.7. The van der Waals surface area contributed by atoms with Gasteiger partial charge in [-0.05, 0) is 131 Å². The third kappa shape index (κ3) is 7.56. The summed E-state index contributed by atoms with van der Waals surface area (Å²) in [5.41, 5.74) is 3.78. The summed E-state index contributed by atoms with van der Waals surface area (Å²) >= 11 is 0. The van der Waals surface area contributed by atoms with Crippen molar-refractivity contribution < 1.29 is 33.7 Å². The fraction of sp³-hybridized carbons (Fsp3) is 0.477. The van der Waals surface area contributed by atoms with Crippen LogP contribution >= 0.6 is 0 Å². The number of rotatable bonds is 13. The van der Waals surface area contributed by atoms with Gasteiger partial charge in [-0.3, -0.25) is 34.4 Å². The minimum absolute atomic E-state index is 0.0834. The molecule has 5 heterocycles. The highest BCUT2D eigenvalue weighted by Crippen LogP contribution is 2.51. The number of unbranched alkanes of at least 4 members (excludes halogenated alkanes) is 1. The van der Waals surface area contributed by atoms with Crippen LogP contribution in [0, 0.1) is 5.41 Å². The average molecular weight is 793 g/mol. The minimum atomic E-state index is -1.27. The number of nitrogens with zero attached hydrogens (tertiary/aromatic N) is 5. The number of ether oxygens (including phenoxy) is 3. The Balaban J connectivity index is 0.787. The summed E-state index contributed by atoms with van der Waals surface area (Å²) in [4.78, 5) is 60.2. The van der Waals surface area contributed by atoms with Crippen molar-refractivity contribution in [3.05, 3.63) is 82.0 Å². The highest BCUT2D eigenvalue weighted by atomic mass is 16.5. The molecule has 1 spiro atoms. The Bertz CT molecular complexity index is 2270. The molecule has 58 heavy (non-hydrogen) atoms. The van der Waals surface area contributed by atoms with E-state index >= 15 is 0 Å². The largest absolute Gasteiger partial charge is 0.496 e. The van der Waals surface area contributed by atoms with Crippen molar-refractivity contribution in [2.75, 3.05) is 47.4 Å². The molecule has 2 aromatic heterocycles. The lowest BCUT2D eigenvalue weighted by atomic mass is 9.61. The number of fused-ring (bicyclic) bond motifs is 2. The second-order valence-electron chi connectivity index (χ2n) is 16.5. The van der Waals surface area contributed by atoms with Crippen LogP contribution in [0.1, 0.15) is 79.1 Å². The van der Waals surface area contributed by atoms with Gasteiger partial charge in [-0.1, -0.05) is 0 Å². The number of pyridine rings is 2. The van der Waals surface area contributed by atoms with Gasteiger partial charge in [0.25, 0.3) is 11.5 Å². The molecule has 2 unspecified atom stereocenters. The van der Waals surface area contributed by atoms with Gasteiger partial charge in [0.1, 0.15) is 23.3 Å². The molecule has 8 rings (SSSR count). The lowest BCUT2D eigenvalue weighted by Gasteiger charge is -2.51. The van der Waals surface area contributed by atoms with Crippen LogP contribution < -0.4 is 25.1 Å². The number of methoxy groups -OCH3 is 2. The van der Waals surface area contributed by atoms with Crippen LogP contribution in [-0.2, 0) is 23.2 Å². The molecule has 2 saturated heterocycles. The Morgan fingerprint density at radius 2 is 1.71 bits per heavy atom. The number of imide groups is 1.